The van der Waals surface area contributed by atoms with E-state index < -0.39 is 29.6 Å². The van der Waals surface area contributed by atoms with Crippen LogP contribution in [0.4, 0.5) is 0 Å². The highest BCUT2D eigenvalue weighted by Crippen LogP contribution is 2.30. The molecular formula is C26H28NO6-. The van der Waals surface area contributed by atoms with Crippen molar-refractivity contribution in [2.45, 2.75) is 59.1 Å². The van der Waals surface area contributed by atoms with Crippen molar-refractivity contribution in [3.63, 3.8) is 0 Å². The minimum absolute atomic E-state index is 0.269. The Balaban J connectivity index is 1.86. The molecule has 33 heavy (non-hydrogen) atoms. The number of fused-ring (bicyclic) bond motifs is 1. The topological polar surface area (TPSA) is 109 Å². The molecule has 2 atom stereocenters. The summed E-state index contributed by atoms with van der Waals surface area (Å²) in [6.45, 7) is 6.99. The first-order valence-electron chi connectivity index (χ1n) is 11.0. The summed E-state index contributed by atoms with van der Waals surface area (Å²) in [5.74, 6) is -1.51. The minimum Gasteiger partial charge on any atom is -0.548 e. The molecule has 0 unspecified atom stereocenters. The van der Waals surface area contributed by atoms with Crippen molar-refractivity contribution in [1.82, 2.24) is 5.32 Å². The summed E-state index contributed by atoms with van der Waals surface area (Å²) in [4.78, 5) is 36.4. The zero-order chi connectivity index (χ0) is 24.1. The molecule has 174 valence electrons. The van der Waals surface area contributed by atoms with Crippen molar-refractivity contribution in [2.24, 2.45) is 0 Å². The molecule has 0 saturated carbocycles. The number of hydrogen-bond donors (Lipinski definition) is 1. The number of rotatable bonds is 9. The number of carbonyl (C=O) groups excluding carboxylic acids is 2. The van der Waals surface area contributed by atoms with E-state index in [1.165, 1.54) is 6.92 Å². The zero-order valence-corrected chi connectivity index (χ0v) is 19.3. The average molecular weight is 451 g/mol. The minimum atomic E-state index is -1.33. The van der Waals surface area contributed by atoms with Crippen LogP contribution in [0.5, 0.6) is 5.75 Å². The van der Waals surface area contributed by atoms with Crippen molar-refractivity contribution >= 4 is 22.8 Å². The number of carboxylic acid groups (broad SMARTS) is 1. The lowest BCUT2D eigenvalue weighted by Crippen LogP contribution is -2.51. The van der Waals surface area contributed by atoms with Crippen LogP contribution in [0.2, 0.25) is 0 Å². The van der Waals surface area contributed by atoms with Gasteiger partial charge in [-0.1, -0.05) is 43.7 Å². The van der Waals surface area contributed by atoms with Gasteiger partial charge >= 0.3 is 5.63 Å². The molecular weight excluding hydrogens is 422 g/mol. The van der Waals surface area contributed by atoms with Crippen molar-refractivity contribution in [3.8, 4) is 5.75 Å². The van der Waals surface area contributed by atoms with Crippen molar-refractivity contribution < 1.29 is 23.8 Å². The second-order valence-electron chi connectivity index (χ2n) is 8.15. The summed E-state index contributed by atoms with van der Waals surface area (Å²) >= 11 is 0. The summed E-state index contributed by atoms with van der Waals surface area (Å²) in [7, 11) is 0. The van der Waals surface area contributed by atoms with Gasteiger partial charge in [0.25, 0.3) is 5.91 Å². The van der Waals surface area contributed by atoms with Crippen LogP contribution in [-0.4, -0.2) is 24.0 Å². The second kappa shape index (κ2) is 10.3. The molecule has 7 heteroatoms. The lowest BCUT2D eigenvalue weighted by molar-refractivity contribution is -0.308. The first-order chi connectivity index (χ1) is 15.7. The standard InChI is InChI=1S/C26H29NO6/c1-5-9-21(25(29)30)27-24(28)17(4)32-22-13-12-19-15(2)20(14-18-10-7-6-8-11-18)26(31)33-23(19)16(22)3/h6-8,10-13,17,21H,5,9,14H2,1-4H3,(H,27,28)(H,29,30)/p-1/t17-,21-/m0/s1. The number of hydrogen-bond acceptors (Lipinski definition) is 6. The van der Waals surface area contributed by atoms with Crippen molar-refractivity contribution in [3.05, 3.63) is 75.1 Å². The Morgan fingerprint density at radius 1 is 1.09 bits per heavy atom. The third-order valence-corrected chi connectivity index (χ3v) is 5.73. The van der Waals surface area contributed by atoms with Crippen LogP contribution in [0.1, 0.15) is 48.9 Å². The highest BCUT2D eigenvalue weighted by Gasteiger charge is 2.22. The van der Waals surface area contributed by atoms with Crippen molar-refractivity contribution in [1.29, 1.82) is 0 Å². The number of benzene rings is 2. The molecule has 0 aliphatic rings. The van der Waals surface area contributed by atoms with E-state index in [9.17, 15) is 19.5 Å². The second-order valence-corrected chi connectivity index (χ2v) is 8.15. The fourth-order valence-electron chi connectivity index (χ4n) is 3.77. The maximum absolute atomic E-state index is 12.8. The zero-order valence-electron chi connectivity index (χ0n) is 19.3. The first kappa shape index (κ1) is 24.0. The molecule has 3 aromatic rings. The number of ether oxygens (including phenoxy) is 1. The number of carbonyl (C=O) groups is 2. The van der Waals surface area contributed by atoms with Gasteiger partial charge < -0.3 is 24.4 Å². The predicted molar refractivity (Wildman–Crippen MR) is 123 cm³/mol. The van der Waals surface area contributed by atoms with Crippen LogP contribution in [0, 0.1) is 13.8 Å². The van der Waals surface area contributed by atoms with Gasteiger partial charge in [0.1, 0.15) is 11.3 Å². The number of aryl methyl sites for hydroxylation is 2. The van der Waals surface area contributed by atoms with Crippen molar-refractivity contribution in [2.75, 3.05) is 0 Å². The van der Waals surface area contributed by atoms with Gasteiger partial charge in [-0.15, -0.1) is 0 Å². The Hall–Kier alpha value is -3.61. The van der Waals surface area contributed by atoms with Gasteiger partial charge in [0.2, 0.25) is 0 Å². The largest absolute Gasteiger partial charge is 0.548 e. The van der Waals surface area contributed by atoms with Gasteiger partial charge in [-0.25, -0.2) is 4.79 Å². The van der Waals surface area contributed by atoms with E-state index in [1.807, 2.05) is 44.2 Å². The Bertz CT molecular complexity index is 1210. The maximum atomic E-state index is 12.8. The van der Waals surface area contributed by atoms with Crippen LogP contribution in [0.25, 0.3) is 11.0 Å². The summed E-state index contributed by atoms with van der Waals surface area (Å²) in [5.41, 5.74) is 3.02. The molecule has 0 aliphatic heterocycles. The fraction of sp³-hybridized carbons (Fsp3) is 0.346. The molecule has 0 radical (unpaired) electrons. The van der Waals surface area contributed by atoms with Gasteiger partial charge in [-0.2, -0.15) is 0 Å². The number of aliphatic carboxylic acids is 1. The molecule has 1 N–H and O–H groups in total. The molecule has 3 rings (SSSR count). The molecule has 0 saturated heterocycles. The first-order valence-corrected chi connectivity index (χ1v) is 11.0. The highest BCUT2D eigenvalue weighted by atomic mass is 16.5. The Labute approximate surface area is 192 Å². The van der Waals surface area contributed by atoms with Gasteiger partial charge in [0, 0.05) is 22.9 Å². The average Bonchev–Trinajstić information content (AvgIpc) is 2.79. The molecule has 2 aromatic carbocycles. The molecule has 0 fully saturated rings. The van der Waals surface area contributed by atoms with Gasteiger partial charge in [0.05, 0.1) is 12.0 Å². The molecule has 1 aromatic heterocycles. The molecule has 0 aliphatic carbocycles. The molecule has 0 bridgehead atoms. The van der Waals surface area contributed by atoms with E-state index in [2.05, 4.69) is 5.32 Å². The molecule has 7 nitrogen and oxygen atoms in total. The quantitative estimate of drug-likeness (QED) is 0.502. The molecule has 1 heterocycles. The third kappa shape index (κ3) is 5.42. The number of nitrogens with one attached hydrogen (secondary N) is 1. The van der Waals surface area contributed by atoms with Gasteiger partial charge in [0.15, 0.2) is 6.10 Å². The Kier molecular flexibility index (Phi) is 7.53. The van der Waals surface area contributed by atoms with Crippen LogP contribution in [0.15, 0.2) is 51.7 Å². The van der Waals surface area contributed by atoms with E-state index >= 15 is 0 Å². The Morgan fingerprint density at radius 3 is 2.42 bits per heavy atom. The SMILES string of the molecule is CCC[C@H](NC(=O)[C@H](C)Oc1ccc2c(C)c(Cc3ccccc3)c(=O)oc2c1C)C(=O)[O-]. The summed E-state index contributed by atoms with van der Waals surface area (Å²) < 4.78 is 11.5. The van der Waals surface area contributed by atoms with Crippen LogP contribution < -0.4 is 20.8 Å². The van der Waals surface area contributed by atoms with Crippen LogP contribution in [0.3, 0.4) is 0 Å². The third-order valence-electron chi connectivity index (χ3n) is 5.73. The van der Waals surface area contributed by atoms with Gasteiger partial charge in [-0.3, -0.25) is 4.79 Å². The number of carboxylic acids is 1. The lowest BCUT2D eigenvalue weighted by Gasteiger charge is -2.22. The normalized spacial score (nSPS) is 12.8. The predicted octanol–water partition coefficient (Wildman–Crippen LogP) is 2.80. The Morgan fingerprint density at radius 2 is 1.79 bits per heavy atom. The fourth-order valence-corrected chi connectivity index (χ4v) is 3.77. The van der Waals surface area contributed by atoms with E-state index in [4.69, 9.17) is 9.15 Å². The van der Waals surface area contributed by atoms with E-state index in [0.29, 0.717) is 35.3 Å². The monoisotopic (exact) mass is 450 g/mol. The smallest absolute Gasteiger partial charge is 0.340 e. The summed E-state index contributed by atoms with van der Waals surface area (Å²) in [5, 5.41) is 14.4. The van der Waals surface area contributed by atoms with Gasteiger partial charge in [-0.05, 0) is 50.5 Å². The summed E-state index contributed by atoms with van der Waals surface area (Å²) in [6, 6.07) is 12.2. The maximum Gasteiger partial charge on any atom is 0.340 e. The van der Waals surface area contributed by atoms with E-state index in [-0.39, 0.29) is 6.42 Å². The number of amides is 1. The lowest BCUT2D eigenvalue weighted by atomic mass is 9.98. The van der Waals surface area contributed by atoms with E-state index in [1.54, 1.807) is 19.1 Å². The van der Waals surface area contributed by atoms with E-state index in [0.717, 1.165) is 16.5 Å². The van der Waals surface area contributed by atoms with Crippen LogP contribution >= 0.6 is 0 Å². The molecule has 0 spiro atoms. The van der Waals surface area contributed by atoms with Crippen LogP contribution in [-0.2, 0) is 16.0 Å². The summed E-state index contributed by atoms with van der Waals surface area (Å²) in [6.07, 6.45) is 0.371. The highest BCUT2D eigenvalue weighted by molar-refractivity contribution is 5.87. The molecule has 1 amide bonds.